The first-order valence-corrected chi connectivity index (χ1v) is 19.7. The second-order valence-corrected chi connectivity index (χ2v) is 14.8. The average molecular weight is 724 g/mol. The lowest BCUT2D eigenvalue weighted by Gasteiger charge is -2.20. The molecule has 11 rings (SSSR count). The third-order valence-electron chi connectivity index (χ3n) is 11.6. The van der Waals surface area contributed by atoms with Crippen molar-refractivity contribution in [1.29, 1.82) is 0 Å². The maximum absolute atomic E-state index is 2.42. The summed E-state index contributed by atoms with van der Waals surface area (Å²) in [6.45, 7) is 0. The van der Waals surface area contributed by atoms with E-state index >= 15 is 0 Å². The molecule has 11 aromatic rings. The van der Waals surface area contributed by atoms with Crippen LogP contribution in [0.2, 0.25) is 0 Å². The van der Waals surface area contributed by atoms with E-state index in [-0.39, 0.29) is 0 Å². The molecule has 0 saturated heterocycles. The molecule has 0 aliphatic carbocycles. The van der Waals surface area contributed by atoms with E-state index in [1.54, 1.807) is 0 Å². The Hall–Kier alpha value is -7.48. The van der Waals surface area contributed by atoms with Gasteiger partial charge in [-0.25, -0.2) is 0 Å². The molecule has 0 saturated carbocycles. The van der Waals surface area contributed by atoms with Crippen molar-refractivity contribution in [3.63, 3.8) is 0 Å². The molecule has 0 bridgehead atoms. The third kappa shape index (κ3) is 5.55. The molecular weight excluding hydrogens is 687 g/mol. The van der Waals surface area contributed by atoms with Crippen LogP contribution < -0.4 is 0 Å². The van der Waals surface area contributed by atoms with Crippen LogP contribution in [0.25, 0.3) is 105 Å². The highest BCUT2D eigenvalue weighted by atomic mass is 15.0. The summed E-state index contributed by atoms with van der Waals surface area (Å²) in [6, 6.07) is 81.9. The van der Waals surface area contributed by atoms with Gasteiger partial charge in [0, 0.05) is 16.5 Å². The van der Waals surface area contributed by atoms with Crippen LogP contribution >= 0.6 is 0 Å². The van der Waals surface area contributed by atoms with Crippen LogP contribution in [0.15, 0.2) is 224 Å². The van der Waals surface area contributed by atoms with Crippen LogP contribution in [0.5, 0.6) is 0 Å². The second-order valence-electron chi connectivity index (χ2n) is 14.8. The lowest BCUT2D eigenvalue weighted by Crippen LogP contribution is -1.95. The topological polar surface area (TPSA) is 4.93 Å². The quantitative estimate of drug-likeness (QED) is 0.151. The van der Waals surface area contributed by atoms with Crippen molar-refractivity contribution in [1.82, 2.24) is 4.57 Å². The molecule has 0 N–H and O–H groups in total. The van der Waals surface area contributed by atoms with Gasteiger partial charge in [0.25, 0.3) is 0 Å². The first-order valence-electron chi connectivity index (χ1n) is 19.7. The van der Waals surface area contributed by atoms with E-state index in [1.807, 2.05) is 0 Å². The number of nitrogens with zero attached hydrogens (tertiary/aromatic N) is 1. The normalized spacial score (nSPS) is 11.5. The van der Waals surface area contributed by atoms with Gasteiger partial charge in [-0.2, -0.15) is 0 Å². The van der Waals surface area contributed by atoms with Crippen LogP contribution in [0.3, 0.4) is 0 Å². The molecule has 0 radical (unpaired) electrons. The van der Waals surface area contributed by atoms with E-state index in [2.05, 4.69) is 229 Å². The van der Waals surface area contributed by atoms with Crippen molar-refractivity contribution in [2.75, 3.05) is 0 Å². The number of hydrogen-bond donors (Lipinski definition) is 0. The van der Waals surface area contributed by atoms with E-state index in [0.29, 0.717) is 0 Å². The summed E-state index contributed by atoms with van der Waals surface area (Å²) in [7, 11) is 0. The van der Waals surface area contributed by atoms with Crippen molar-refractivity contribution in [3.05, 3.63) is 224 Å². The Kier molecular flexibility index (Phi) is 7.89. The first-order chi connectivity index (χ1) is 28.3. The van der Waals surface area contributed by atoms with Gasteiger partial charge in [0.15, 0.2) is 0 Å². The second kappa shape index (κ2) is 13.7. The Morgan fingerprint density at radius 1 is 0.228 bits per heavy atom. The predicted molar refractivity (Wildman–Crippen MR) is 243 cm³/mol. The maximum atomic E-state index is 2.42. The molecule has 1 nitrogen and oxygen atoms in total. The molecule has 1 aromatic heterocycles. The SMILES string of the molecule is c1ccc(-c2cccc(-c3ccc4c(c3)c3ccccc3n4-c3ccc(-c4c5ccccc5c(-c5ccccc5-c5ccccc5)c5ccccc45)cc3)c2)cc1. The van der Waals surface area contributed by atoms with E-state index in [9.17, 15) is 0 Å². The van der Waals surface area contributed by atoms with Crippen molar-refractivity contribution in [3.8, 4) is 61.3 Å². The fraction of sp³-hybridized carbons (Fsp3) is 0. The van der Waals surface area contributed by atoms with Gasteiger partial charge >= 0.3 is 0 Å². The Bertz CT molecular complexity index is 3210. The summed E-state index contributed by atoms with van der Waals surface area (Å²) in [5.41, 5.74) is 15.9. The van der Waals surface area contributed by atoms with Gasteiger partial charge in [-0.3, -0.25) is 0 Å². The molecule has 1 heterocycles. The summed E-state index contributed by atoms with van der Waals surface area (Å²) in [6.07, 6.45) is 0. The van der Waals surface area contributed by atoms with E-state index in [4.69, 9.17) is 0 Å². The molecular formula is C56H37N. The molecule has 0 amide bonds. The Morgan fingerprint density at radius 3 is 1.35 bits per heavy atom. The monoisotopic (exact) mass is 723 g/mol. The molecule has 1 heteroatoms. The molecule has 266 valence electrons. The molecule has 0 aliphatic rings. The van der Waals surface area contributed by atoms with E-state index < -0.39 is 0 Å². The number of fused-ring (bicyclic) bond motifs is 5. The Balaban J connectivity index is 1.05. The highest BCUT2D eigenvalue weighted by Crippen LogP contribution is 2.46. The standard InChI is InChI=1S/C56H37N/c1-3-16-38(17-4-1)41-20-15-21-42(36-41)43-32-35-54-52(37-43)46-23-13-14-29-53(46)57(54)44-33-30-40(31-34-44)55-48-25-9-11-27-50(48)56(51-28-12-10-26-49(51)55)47-24-8-7-22-45(47)39-18-5-2-6-19-39/h1-37H. The van der Waals surface area contributed by atoms with Gasteiger partial charge in [-0.05, 0) is 114 Å². The van der Waals surface area contributed by atoms with Crippen molar-refractivity contribution in [2.45, 2.75) is 0 Å². The number of rotatable bonds is 6. The van der Waals surface area contributed by atoms with Crippen LogP contribution in [0, 0.1) is 0 Å². The van der Waals surface area contributed by atoms with Gasteiger partial charge in [0.2, 0.25) is 0 Å². The van der Waals surface area contributed by atoms with Gasteiger partial charge < -0.3 is 4.57 Å². The predicted octanol–water partition coefficient (Wildman–Crippen LogP) is 15.4. The number of hydrogen-bond acceptors (Lipinski definition) is 0. The zero-order valence-corrected chi connectivity index (χ0v) is 31.3. The maximum Gasteiger partial charge on any atom is 0.0541 e. The molecule has 0 aliphatic heterocycles. The van der Waals surface area contributed by atoms with Gasteiger partial charge in [-0.1, -0.05) is 188 Å². The third-order valence-corrected chi connectivity index (χ3v) is 11.6. The average Bonchev–Trinajstić information content (AvgIpc) is 3.62. The van der Waals surface area contributed by atoms with Crippen molar-refractivity contribution < 1.29 is 0 Å². The Labute approximate surface area is 332 Å². The summed E-state index contributed by atoms with van der Waals surface area (Å²) in [5.74, 6) is 0. The molecule has 57 heavy (non-hydrogen) atoms. The minimum Gasteiger partial charge on any atom is -0.309 e. The minimum absolute atomic E-state index is 1.14. The summed E-state index contributed by atoms with van der Waals surface area (Å²) < 4.78 is 2.42. The minimum atomic E-state index is 1.14. The zero-order valence-electron chi connectivity index (χ0n) is 31.3. The van der Waals surface area contributed by atoms with Gasteiger partial charge in [0.1, 0.15) is 0 Å². The van der Waals surface area contributed by atoms with Crippen molar-refractivity contribution >= 4 is 43.4 Å². The molecule has 0 spiro atoms. The first kappa shape index (κ1) is 32.9. The van der Waals surface area contributed by atoms with E-state index in [1.165, 1.54) is 99.0 Å². The summed E-state index contributed by atoms with van der Waals surface area (Å²) in [4.78, 5) is 0. The van der Waals surface area contributed by atoms with Crippen molar-refractivity contribution in [2.24, 2.45) is 0 Å². The Morgan fingerprint density at radius 2 is 0.684 bits per heavy atom. The molecule has 0 atom stereocenters. The molecule has 0 fully saturated rings. The smallest absolute Gasteiger partial charge is 0.0541 e. The molecule has 10 aromatic carbocycles. The zero-order chi connectivity index (χ0) is 37.7. The fourth-order valence-electron chi connectivity index (χ4n) is 9.02. The van der Waals surface area contributed by atoms with Crippen LogP contribution in [0.1, 0.15) is 0 Å². The van der Waals surface area contributed by atoms with Gasteiger partial charge in [0.05, 0.1) is 11.0 Å². The van der Waals surface area contributed by atoms with Crippen LogP contribution in [-0.4, -0.2) is 4.57 Å². The largest absolute Gasteiger partial charge is 0.309 e. The fourth-order valence-corrected chi connectivity index (χ4v) is 9.02. The van der Waals surface area contributed by atoms with Crippen LogP contribution in [-0.2, 0) is 0 Å². The van der Waals surface area contributed by atoms with Crippen LogP contribution in [0.4, 0.5) is 0 Å². The highest BCUT2D eigenvalue weighted by Gasteiger charge is 2.19. The molecule has 0 unspecified atom stereocenters. The lowest BCUT2D eigenvalue weighted by atomic mass is 9.84. The van der Waals surface area contributed by atoms with E-state index in [0.717, 1.165) is 5.69 Å². The van der Waals surface area contributed by atoms with Gasteiger partial charge in [-0.15, -0.1) is 0 Å². The highest BCUT2D eigenvalue weighted by molar-refractivity contribution is 6.22. The number of para-hydroxylation sites is 1. The summed E-state index contributed by atoms with van der Waals surface area (Å²) in [5, 5.41) is 7.52. The number of aromatic nitrogens is 1. The summed E-state index contributed by atoms with van der Waals surface area (Å²) >= 11 is 0. The lowest BCUT2D eigenvalue weighted by molar-refractivity contribution is 1.18. The number of benzene rings is 10.